The highest BCUT2D eigenvalue weighted by Crippen LogP contribution is 2.26. The van der Waals surface area contributed by atoms with Gasteiger partial charge in [0.05, 0.1) is 0 Å². The van der Waals surface area contributed by atoms with Crippen molar-refractivity contribution >= 4 is 0 Å². The molecule has 0 saturated carbocycles. The lowest BCUT2D eigenvalue weighted by Gasteiger charge is -2.07. The standard InChI is InChI=1S/C16H10/c1-3-13-11-8-12-14(4-2)16(13)15-9-6-5-7-10-15/h1-2,5-12H. The fraction of sp³-hybridized carbons (Fsp3) is 0. The molecule has 0 unspecified atom stereocenters. The van der Waals surface area contributed by atoms with Gasteiger partial charge in [0.2, 0.25) is 0 Å². The van der Waals surface area contributed by atoms with E-state index in [1.165, 1.54) is 0 Å². The topological polar surface area (TPSA) is 0 Å². The van der Waals surface area contributed by atoms with Crippen LogP contribution in [-0.2, 0) is 0 Å². The second-order valence-corrected chi connectivity index (χ2v) is 3.38. The molecule has 0 aliphatic rings. The lowest BCUT2D eigenvalue weighted by molar-refractivity contribution is 1.55. The van der Waals surface area contributed by atoms with Crippen LogP contribution in [0, 0.1) is 24.7 Å². The minimum atomic E-state index is 0.835. The van der Waals surface area contributed by atoms with Gasteiger partial charge in [-0.1, -0.05) is 48.2 Å². The van der Waals surface area contributed by atoms with Crippen molar-refractivity contribution in [3.63, 3.8) is 0 Å². The molecule has 16 heavy (non-hydrogen) atoms. The maximum absolute atomic E-state index is 5.49. The molecule has 2 aromatic carbocycles. The maximum Gasteiger partial charge on any atom is 0.0333 e. The molecule has 2 aromatic rings. The zero-order valence-electron chi connectivity index (χ0n) is 8.77. The van der Waals surface area contributed by atoms with Crippen LogP contribution in [-0.4, -0.2) is 0 Å². The van der Waals surface area contributed by atoms with Crippen molar-refractivity contribution in [1.82, 2.24) is 0 Å². The SMILES string of the molecule is C#Cc1cccc(C#C)c1-c1ccccc1. The number of terminal acetylenes is 2. The molecule has 0 aliphatic heterocycles. The van der Waals surface area contributed by atoms with Crippen molar-refractivity contribution in [3.05, 3.63) is 59.7 Å². The maximum atomic E-state index is 5.49. The van der Waals surface area contributed by atoms with Gasteiger partial charge in [0, 0.05) is 16.7 Å². The van der Waals surface area contributed by atoms with Crippen molar-refractivity contribution in [2.24, 2.45) is 0 Å². The van der Waals surface area contributed by atoms with Gasteiger partial charge in [-0.2, -0.15) is 0 Å². The molecule has 0 saturated heterocycles. The average molecular weight is 202 g/mol. The van der Waals surface area contributed by atoms with Crippen molar-refractivity contribution in [3.8, 4) is 35.8 Å². The van der Waals surface area contributed by atoms with E-state index in [0.717, 1.165) is 22.3 Å². The first-order valence-electron chi connectivity index (χ1n) is 4.98. The van der Waals surface area contributed by atoms with Crippen molar-refractivity contribution < 1.29 is 0 Å². The highest BCUT2D eigenvalue weighted by Gasteiger charge is 2.06. The Bertz CT molecular complexity index is 545. The molecule has 0 atom stereocenters. The fourth-order valence-corrected chi connectivity index (χ4v) is 1.71. The molecule has 0 heterocycles. The normalized spacial score (nSPS) is 9.12. The van der Waals surface area contributed by atoms with Crippen LogP contribution in [0.15, 0.2) is 48.5 Å². The summed E-state index contributed by atoms with van der Waals surface area (Å²) in [4.78, 5) is 0. The van der Waals surface area contributed by atoms with Gasteiger partial charge in [-0.15, -0.1) is 12.8 Å². The Hall–Kier alpha value is -2.44. The molecule has 0 fully saturated rings. The molecule has 0 bridgehead atoms. The highest BCUT2D eigenvalue weighted by atomic mass is 14.1. The molecule has 0 aliphatic carbocycles. The lowest BCUT2D eigenvalue weighted by atomic mass is 9.95. The van der Waals surface area contributed by atoms with Gasteiger partial charge in [0.25, 0.3) is 0 Å². The third-order valence-corrected chi connectivity index (χ3v) is 2.44. The minimum Gasteiger partial charge on any atom is -0.115 e. The molecule has 0 N–H and O–H groups in total. The third-order valence-electron chi connectivity index (χ3n) is 2.44. The zero-order chi connectivity index (χ0) is 11.4. The quantitative estimate of drug-likeness (QED) is 0.622. The largest absolute Gasteiger partial charge is 0.115 e. The Balaban J connectivity index is 2.74. The molecular formula is C16H10. The highest BCUT2D eigenvalue weighted by molar-refractivity contribution is 5.77. The van der Waals surface area contributed by atoms with Crippen molar-refractivity contribution in [2.75, 3.05) is 0 Å². The van der Waals surface area contributed by atoms with Crippen LogP contribution in [0.3, 0.4) is 0 Å². The number of hydrogen-bond donors (Lipinski definition) is 0. The molecule has 74 valence electrons. The van der Waals surface area contributed by atoms with Crippen LogP contribution in [0.25, 0.3) is 11.1 Å². The van der Waals surface area contributed by atoms with Gasteiger partial charge in [0.15, 0.2) is 0 Å². The second-order valence-electron chi connectivity index (χ2n) is 3.38. The number of rotatable bonds is 1. The summed E-state index contributed by atoms with van der Waals surface area (Å²) in [5.74, 6) is 5.35. The smallest absolute Gasteiger partial charge is 0.0333 e. The Morgan fingerprint density at radius 2 is 1.25 bits per heavy atom. The first kappa shape index (κ1) is 10.1. The molecule has 0 aromatic heterocycles. The fourth-order valence-electron chi connectivity index (χ4n) is 1.71. The Labute approximate surface area is 95.9 Å². The van der Waals surface area contributed by atoms with Crippen LogP contribution < -0.4 is 0 Å². The van der Waals surface area contributed by atoms with E-state index in [1.807, 2.05) is 48.5 Å². The molecule has 0 radical (unpaired) electrons. The van der Waals surface area contributed by atoms with E-state index in [9.17, 15) is 0 Å². The van der Waals surface area contributed by atoms with Gasteiger partial charge >= 0.3 is 0 Å². The van der Waals surface area contributed by atoms with Crippen LogP contribution >= 0.6 is 0 Å². The Kier molecular flexibility index (Phi) is 2.77. The molecule has 0 heteroatoms. The monoisotopic (exact) mass is 202 g/mol. The van der Waals surface area contributed by atoms with E-state index in [1.54, 1.807) is 0 Å². The third kappa shape index (κ3) is 1.70. The predicted octanol–water partition coefficient (Wildman–Crippen LogP) is 3.32. The molecule has 0 amide bonds. The van der Waals surface area contributed by atoms with Crippen LogP contribution in [0.1, 0.15) is 11.1 Å². The number of benzene rings is 2. The van der Waals surface area contributed by atoms with Crippen LogP contribution in [0.5, 0.6) is 0 Å². The van der Waals surface area contributed by atoms with Gasteiger partial charge in [-0.3, -0.25) is 0 Å². The second kappa shape index (κ2) is 4.39. The summed E-state index contributed by atoms with van der Waals surface area (Å²) in [6.45, 7) is 0. The Morgan fingerprint density at radius 3 is 1.75 bits per heavy atom. The van der Waals surface area contributed by atoms with E-state index >= 15 is 0 Å². The number of hydrogen-bond acceptors (Lipinski definition) is 0. The summed E-state index contributed by atoms with van der Waals surface area (Å²) < 4.78 is 0. The minimum absolute atomic E-state index is 0.835. The average Bonchev–Trinajstić information content (AvgIpc) is 2.38. The summed E-state index contributed by atoms with van der Waals surface area (Å²) in [6, 6.07) is 15.6. The zero-order valence-corrected chi connectivity index (χ0v) is 8.77. The molecular weight excluding hydrogens is 192 g/mol. The Morgan fingerprint density at radius 1 is 0.688 bits per heavy atom. The first-order chi connectivity index (χ1) is 7.86. The van der Waals surface area contributed by atoms with Gasteiger partial charge in [0.1, 0.15) is 0 Å². The molecule has 2 rings (SSSR count). The summed E-state index contributed by atoms with van der Waals surface area (Å²) in [5.41, 5.74) is 3.69. The van der Waals surface area contributed by atoms with E-state index in [2.05, 4.69) is 11.8 Å². The molecule has 0 spiro atoms. The van der Waals surface area contributed by atoms with Gasteiger partial charge < -0.3 is 0 Å². The summed E-state index contributed by atoms with van der Waals surface area (Å²) >= 11 is 0. The summed E-state index contributed by atoms with van der Waals surface area (Å²) in [6.07, 6.45) is 11.0. The summed E-state index contributed by atoms with van der Waals surface area (Å²) in [7, 11) is 0. The summed E-state index contributed by atoms with van der Waals surface area (Å²) in [5, 5.41) is 0. The van der Waals surface area contributed by atoms with E-state index in [4.69, 9.17) is 12.8 Å². The molecule has 0 nitrogen and oxygen atoms in total. The lowest BCUT2D eigenvalue weighted by Crippen LogP contribution is -1.88. The van der Waals surface area contributed by atoms with Gasteiger partial charge in [-0.25, -0.2) is 0 Å². The van der Waals surface area contributed by atoms with Crippen molar-refractivity contribution in [1.29, 1.82) is 0 Å². The van der Waals surface area contributed by atoms with E-state index < -0.39 is 0 Å². The predicted molar refractivity (Wildman–Crippen MR) is 67.7 cm³/mol. The van der Waals surface area contributed by atoms with E-state index in [0.29, 0.717) is 0 Å². The van der Waals surface area contributed by atoms with Crippen molar-refractivity contribution in [2.45, 2.75) is 0 Å². The van der Waals surface area contributed by atoms with Crippen LogP contribution in [0.4, 0.5) is 0 Å². The van der Waals surface area contributed by atoms with Crippen LogP contribution in [0.2, 0.25) is 0 Å². The first-order valence-corrected chi connectivity index (χ1v) is 4.98. The van der Waals surface area contributed by atoms with E-state index in [-0.39, 0.29) is 0 Å². The van der Waals surface area contributed by atoms with Gasteiger partial charge in [-0.05, 0) is 17.7 Å².